The molecule has 0 aromatic rings. The van der Waals surface area contributed by atoms with Gasteiger partial charge in [0, 0.05) is 18.9 Å². The van der Waals surface area contributed by atoms with Crippen LogP contribution in [0.3, 0.4) is 0 Å². The Morgan fingerprint density at radius 1 is 1.22 bits per heavy atom. The van der Waals surface area contributed by atoms with Crippen molar-refractivity contribution in [3.63, 3.8) is 0 Å². The molecular formula is C15H30N2O. The highest BCUT2D eigenvalue weighted by atomic mass is 16.1. The van der Waals surface area contributed by atoms with Crippen LogP contribution in [-0.4, -0.2) is 56.4 Å². The molecule has 0 saturated heterocycles. The Balaban J connectivity index is 2.33. The van der Waals surface area contributed by atoms with Gasteiger partial charge < -0.3 is 9.80 Å². The Hall–Kier alpha value is -0.410. The lowest BCUT2D eigenvalue weighted by atomic mass is 9.71. The van der Waals surface area contributed by atoms with Crippen LogP contribution in [0.15, 0.2) is 0 Å². The van der Waals surface area contributed by atoms with Crippen LogP contribution in [0.5, 0.6) is 0 Å². The molecule has 0 aromatic carbocycles. The zero-order chi connectivity index (χ0) is 13.8. The second-order valence-corrected chi connectivity index (χ2v) is 6.95. The van der Waals surface area contributed by atoms with Crippen LogP contribution in [-0.2, 0) is 4.79 Å². The van der Waals surface area contributed by atoms with Gasteiger partial charge in [-0.25, -0.2) is 0 Å². The fourth-order valence-corrected chi connectivity index (χ4v) is 2.84. The molecule has 3 nitrogen and oxygen atoms in total. The molecule has 18 heavy (non-hydrogen) atoms. The number of ketones is 1. The SMILES string of the molecule is CN(C)CCCN(C)CC1CC(C)(C)CCC1=O. The van der Waals surface area contributed by atoms with Gasteiger partial charge in [0.05, 0.1) is 0 Å². The van der Waals surface area contributed by atoms with Crippen molar-refractivity contribution < 1.29 is 4.79 Å². The van der Waals surface area contributed by atoms with E-state index in [2.05, 4.69) is 44.8 Å². The molecule has 1 rings (SSSR count). The van der Waals surface area contributed by atoms with Gasteiger partial charge in [0.25, 0.3) is 0 Å². The van der Waals surface area contributed by atoms with Gasteiger partial charge in [0.1, 0.15) is 5.78 Å². The monoisotopic (exact) mass is 254 g/mol. The van der Waals surface area contributed by atoms with Crippen molar-refractivity contribution in [3.05, 3.63) is 0 Å². The quantitative estimate of drug-likeness (QED) is 0.726. The van der Waals surface area contributed by atoms with Crippen molar-refractivity contribution in [2.45, 2.75) is 39.5 Å². The third kappa shape index (κ3) is 5.49. The van der Waals surface area contributed by atoms with Crippen molar-refractivity contribution in [2.75, 3.05) is 40.8 Å². The van der Waals surface area contributed by atoms with Crippen molar-refractivity contribution in [2.24, 2.45) is 11.3 Å². The number of nitrogens with zero attached hydrogens (tertiary/aromatic N) is 2. The summed E-state index contributed by atoms with van der Waals surface area (Å²) in [5, 5.41) is 0. The van der Waals surface area contributed by atoms with Crippen molar-refractivity contribution >= 4 is 5.78 Å². The average Bonchev–Trinajstić information content (AvgIpc) is 2.22. The van der Waals surface area contributed by atoms with E-state index in [1.165, 1.54) is 6.42 Å². The summed E-state index contributed by atoms with van der Waals surface area (Å²) in [5.74, 6) is 0.742. The van der Waals surface area contributed by atoms with Crippen LogP contribution in [0.4, 0.5) is 0 Å². The third-order valence-electron chi connectivity index (χ3n) is 3.98. The van der Waals surface area contributed by atoms with Crippen LogP contribution < -0.4 is 0 Å². The topological polar surface area (TPSA) is 23.6 Å². The Kier molecular flexibility index (Phi) is 5.80. The molecule has 0 spiro atoms. The average molecular weight is 254 g/mol. The molecule has 0 aliphatic heterocycles. The van der Waals surface area contributed by atoms with Crippen LogP contribution >= 0.6 is 0 Å². The highest BCUT2D eigenvalue weighted by Crippen LogP contribution is 2.36. The number of carbonyl (C=O) groups excluding carboxylic acids is 1. The zero-order valence-electron chi connectivity index (χ0n) is 12.8. The second kappa shape index (κ2) is 6.67. The molecule has 0 aromatic heterocycles. The standard InChI is InChI=1S/C15H30N2O/c1-15(2)8-7-14(18)13(11-15)12-17(5)10-6-9-16(3)4/h13H,6-12H2,1-5H3. The number of Topliss-reactive ketones (excluding diaryl/α,β-unsaturated/α-hetero) is 1. The van der Waals surface area contributed by atoms with Gasteiger partial charge >= 0.3 is 0 Å². The molecule has 106 valence electrons. The van der Waals surface area contributed by atoms with Crippen LogP contribution in [0.25, 0.3) is 0 Å². The van der Waals surface area contributed by atoms with E-state index in [9.17, 15) is 4.79 Å². The molecule has 1 atom stereocenters. The van der Waals surface area contributed by atoms with E-state index >= 15 is 0 Å². The molecule has 0 bridgehead atoms. The Bertz CT molecular complexity index is 274. The number of hydrogen-bond acceptors (Lipinski definition) is 3. The predicted molar refractivity (Wildman–Crippen MR) is 76.8 cm³/mol. The summed E-state index contributed by atoms with van der Waals surface area (Å²) in [4.78, 5) is 16.5. The van der Waals surface area contributed by atoms with Gasteiger partial charge in [-0.15, -0.1) is 0 Å². The first-order valence-electron chi connectivity index (χ1n) is 7.16. The summed E-state index contributed by atoms with van der Waals surface area (Å²) in [5.41, 5.74) is 0.350. The highest BCUT2D eigenvalue weighted by Gasteiger charge is 2.33. The molecule has 0 amide bonds. The first-order valence-corrected chi connectivity index (χ1v) is 7.16. The Labute approximate surface area is 113 Å². The van der Waals surface area contributed by atoms with Crippen molar-refractivity contribution in [3.8, 4) is 0 Å². The van der Waals surface area contributed by atoms with E-state index in [0.717, 1.165) is 38.9 Å². The largest absolute Gasteiger partial charge is 0.309 e. The fraction of sp³-hybridized carbons (Fsp3) is 0.933. The maximum absolute atomic E-state index is 12.0. The van der Waals surface area contributed by atoms with E-state index in [-0.39, 0.29) is 5.92 Å². The normalized spacial score (nSPS) is 23.9. The number of carbonyl (C=O) groups is 1. The number of hydrogen-bond donors (Lipinski definition) is 0. The Morgan fingerprint density at radius 2 is 1.89 bits per heavy atom. The smallest absolute Gasteiger partial charge is 0.137 e. The predicted octanol–water partition coefficient (Wildman–Crippen LogP) is 2.27. The molecule has 1 saturated carbocycles. The lowest BCUT2D eigenvalue weighted by Gasteiger charge is -2.36. The van der Waals surface area contributed by atoms with Crippen LogP contribution in [0, 0.1) is 11.3 Å². The molecule has 0 N–H and O–H groups in total. The van der Waals surface area contributed by atoms with Crippen molar-refractivity contribution in [1.29, 1.82) is 0 Å². The molecular weight excluding hydrogens is 224 g/mol. The summed E-state index contributed by atoms with van der Waals surface area (Å²) in [6, 6.07) is 0. The molecule has 1 aliphatic rings. The summed E-state index contributed by atoms with van der Waals surface area (Å²) >= 11 is 0. The summed E-state index contributed by atoms with van der Waals surface area (Å²) in [6.45, 7) is 7.73. The number of rotatable bonds is 6. The maximum atomic E-state index is 12.0. The van der Waals surface area contributed by atoms with Crippen molar-refractivity contribution in [1.82, 2.24) is 9.80 Å². The van der Waals surface area contributed by atoms with E-state index in [0.29, 0.717) is 11.2 Å². The first kappa shape index (κ1) is 15.6. The van der Waals surface area contributed by atoms with Gasteiger partial charge in [-0.3, -0.25) is 4.79 Å². The second-order valence-electron chi connectivity index (χ2n) is 6.95. The molecule has 0 heterocycles. The van der Waals surface area contributed by atoms with E-state index < -0.39 is 0 Å². The summed E-state index contributed by atoms with van der Waals surface area (Å²) in [7, 11) is 6.35. The van der Waals surface area contributed by atoms with E-state index in [1.54, 1.807) is 0 Å². The van der Waals surface area contributed by atoms with Gasteiger partial charge in [0.15, 0.2) is 0 Å². The van der Waals surface area contributed by atoms with Gasteiger partial charge in [-0.1, -0.05) is 13.8 Å². The minimum atomic E-state index is 0.262. The fourth-order valence-electron chi connectivity index (χ4n) is 2.84. The third-order valence-corrected chi connectivity index (χ3v) is 3.98. The van der Waals surface area contributed by atoms with E-state index in [1.807, 2.05) is 0 Å². The zero-order valence-corrected chi connectivity index (χ0v) is 12.8. The molecule has 1 fully saturated rings. The lowest BCUT2D eigenvalue weighted by Crippen LogP contribution is -2.38. The summed E-state index contributed by atoms with van der Waals surface area (Å²) in [6.07, 6.45) is 4.08. The van der Waals surface area contributed by atoms with E-state index in [4.69, 9.17) is 0 Å². The minimum absolute atomic E-state index is 0.262. The van der Waals surface area contributed by atoms with Crippen LogP contribution in [0.2, 0.25) is 0 Å². The molecule has 0 radical (unpaired) electrons. The van der Waals surface area contributed by atoms with Gasteiger partial charge in [-0.05, 0) is 58.9 Å². The summed E-state index contributed by atoms with van der Waals surface area (Å²) < 4.78 is 0. The maximum Gasteiger partial charge on any atom is 0.137 e. The van der Waals surface area contributed by atoms with Crippen LogP contribution in [0.1, 0.15) is 39.5 Å². The Morgan fingerprint density at radius 3 is 2.50 bits per heavy atom. The molecule has 1 unspecified atom stereocenters. The molecule has 3 heteroatoms. The van der Waals surface area contributed by atoms with Gasteiger partial charge in [0.2, 0.25) is 0 Å². The minimum Gasteiger partial charge on any atom is -0.309 e. The lowest BCUT2D eigenvalue weighted by molar-refractivity contribution is -0.127. The first-order chi connectivity index (χ1) is 8.30. The molecule has 1 aliphatic carbocycles. The van der Waals surface area contributed by atoms with Gasteiger partial charge in [-0.2, -0.15) is 0 Å². The highest BCUT2D eigenvalue weighted by molar-refractivity contribution is 5.82.